The molecule has 1 saturated heterocycles. The third kappa shape index (κ3) is 4.50. The minimum atomic E-state index is -0.00264. The fourth-order valence-corrected chi connectivity index (χ4v) is 4.44. The first-order valence-electron chi connectivity index (χ1n) is 9.15. The van der Waals surface area contributed by atoms with Crippen molar-refractivity contribution in [3.8, 4) is 5.75 Å². The van der Waals surface area contributed by atoms with E-state index in [1.807, 2.05) is 55.5 Å². The lowest BCUT2D eigenvalue weighted by Gasteiger charge is -2.22. The van der Waals surface area contributed by atoms with Crippen molar-refractivity contribution < 1.29 is 9.53 Å². The highest BCUT2D eigenvalue weighted by atomic mass is 79.9. The molecule has 0 bridgehead atoms. The van der Waals surface area contributed by atoms with Gasteiger partial charge in [-0.3, -0.25) is 9.69 Å². The van der Waals surface area contributed by atoms with Crippen molar-refractivity contribution in [2.45, 2.75) is 33.2 Å². The maximum atomic E-state index is 13.1. The maximum absolute atomic E-state index is 13.1. The number of hydrogen-bond donors (Lipinski definition) is 0. The molecule has 0 spiro atoms. The predicted octanol–water partition coefficient (Wildman–Crippen LogP) is 6.17. The fourth-order valence-electron chi connectivity index (χ4n) is 2.79. The molecule has 1 heterocycles. The number of carbonyl (C=O) groups excluding carboxylic acids is 1. The molecule has 3 rings (SSSR count). The van der Waals surface area contributed by atoms with Gasteiger partial charge >= 0.3 is 0 Å². The van der Waals surface area contributed by atoms with Crippen molar-refractivity contribution in [1.29, 1.82) is 0 Å². The Balaban J connectivity index is 1.97. The first-order valence-corrected chi connectivity index (χ1v) is 10.8. The number of amides is 1. The summed E-state index contributed by atoms with van der Waals surface area (Å²) in [5.41, 5.74) is 2.97. The summed E-state index contributed by atoms with van der Waals surface area (Å²) in [4.78, 5) is 20.3. The topological polar surface area (TPSA) is 41.9 Å². The highest BCUT2D eigenvalue weighted by molar-refractivity contribution is 9.10. The van der Waals surface area contributed by atoms with Gasteiger partial charge in [-0.05, 0) is 83.9 Å². The van der Waals surface area contributed by atoms with Gasteiger partial charge in [0, 0.05) is 6.04 Å². The smallest absolute Gasteiger partial charge is 0.266 e. The number of halogens is 1. The number of benzene rings is 2. The molecule has 0 saturated carbocycles. The summed E-state index contributed by atoms with van der Waals surface area (Å²) in [6, 6.07) is 13.9. The van der Waals surface area contributed by atoms with Gasteiger partial charge in [0.25, 0.3) is 5.91 Å². The van der Waals surface area contributed by atoms with Gasteiger partial charge in [-0.25, -0.2) is 4.99 Å². The van der Waals surface area contributed by atoms with E-state index in [0.717, 1.165) is 33.1 Å². The Kier molecular flexibility index (Phi) is 6.62. The number of ether oxygens (including phenoxy) is 1. The van der Waals surface area contributed by atoms with Gasteiger partial charge in [-0.2, -0.15) is 0 Å². The summed E-state index contributed by atoms with van der Waals surface area (Å²) in [5.74, 6) is 0.757. The van der Waals surface area contributed by atoms with Crippen LogP contribution >= 0.6 is 27.7 Å². The average Bonchev–Trinajstić information content (AvgIpc) is 2.98. The second kappa shape index (κ2) is 8.97. The number of hydrogen-bond acceptors (Lipinski definition) is 4. The summed E-state index contributed by atoms with van der Waals surface area (Å²) in [6.45, 7) is 6.18. The normalized spacial score (nSPS) is 18.2. The maximum Gasteiger partial charge on any atom is 0.266 e. The number of rotatable bonds is 5. The molecule has 0 N–H and O–H groups in total. The Morgan fingerprint density at radius 3 is 2.57 bits per heavy atom. The molecule has 4 nitrogen and oxygen atoms in total. The van der Waals surface area contributed by atoms with Crippen LogP contribution in [-0.2, 0) is 4.79 Å². The monoisotopic (exact) mass is 458 g/mol. The average molecular weight is 459 g/mol. The summed E-state index contributed by atoms with van der Waals surface area (Å²) >= 11 is 4.92. The molecule has 6 heteroatoms. The summed E-state index contributed by atoms with van der Waals surface area (Å²) in [6.07, 6.45) is 2.77. The number of methoxy groups -OCH3 is 1. The lowest BCUT2D eigenvalue weighted by Crippen LogP contribution is -2.36. The Morgan fingerprint density at radius 2 is 1.96 bits per heavy atom. The third-order valence-electron chi connectivity index (χ3n) is 4.60. The van der Waals surface area contributed by atoms with Crippen LogP contribution in [0, 0.1) is 6.92 Å². The van der Waals surface area contributed by atoms with E-state index in [4.69, 9.17) is 9.73 Å². The van der Waals surface area contributed by atoms with E-state index in [1.165, 1.54) is 17.3 Å². The van der Waals surface area contributed by atoms with E-state index in [9.17, 15) is 4.79 Å². The zero-order valence-electron chi connectivity index (χ0n) is 16.4. The predicted molar refractivity (Wildman–Crippen MR) is 121 cm³/mol. The SMILES string of the molecule is CC[C@@H](C)N1C(=O)/C(=C\c2ccc(OC)c(Br)c2)SC1=Nc1ccc(C)cc1. The summed E-state index contributed by atoms with van der Waals surface area (Å²) in [7, 11) is 1.63. The van der Waals surface area contributed by atoms with E-state index >= 15 is 0 Å². The molecular formula is C22H23BrN2O2S. The highest BCUT2D eigenvalue weighted by Gasteiger charge is 2.36. The van der Waals surface area contributed by atoms with E-state index in [2.05, 4.69) is 29.8 Å². The van der Waals surface area contributed by atoms with Crippen LogP contribution in [0.2, 0.25) is 0 Å². The van der Waals surface area contributed by atoms with E-state index in [1.54, 1.807) is 12.0 Å². The van der Waals surface area contributed by atoms with Gasteiger partial charge in [-0.15, -0.1) is 0 Å². The standard InChI is InChI=1S/C22H23BrN2O2S/c1-5-15(3)25-21(26)20(13-16-8-11-19(27-4)18(23)12-16)28-22(25)24-17-9-6-14(2)7-10-17/h6-13,15H,5H2,1-4H3/b20-13+,24-22?/t15-/m1/s1. The number of aliphatic imine (C=N–C) groups is 1. The first-order chi connectivity index (χ1) is 13.4. The Hall–Kier alpha value is -2.05. The van der Waals surface area contributed by atoms with Gasteiger partial charge in [0.2, 0.25) is 0 Å². The van der Waals surface area contributed by atoms with E-state index < -0.39 is 0 Å². The van der Waals surface area contributed by atoms with Gasteiger partial charge in [0.15, 0.2) is 5.17 Å². The van der Waals surface area contributed by atoms with Gasteiger partial charge < -0.3 is 4.74 Å². The highest BCUT2D eigenvalue weighted by Crippen LogP contribution is 2.36. The van der Waals surface area contributed by atoms with Crippen LogP contribution in [0.15, 0.2) is 56.8 Å². The van der Waals surface area contributed by atoms with Crippen LogP contribution in [0.4, 0.5) is 5.69 Å². The second-order valence-electron chi connectivity index (χ2n) is 6.67. The van der Waals surface area contributed by atoms with Crippen LogP contribution in [0.3, 0.4) is 0 Å². The molecule has 1 aliphatic heterocycles. The van der Waals surface area contributed by atoms with Crippen LogP contribution < -0.4 is 4.74 Å². The lowest BCUT2D eigenvalue weighted by atomic mass is 10.2. The minimum Gasteiger partial charge on any atom is -0.496 e. The zero-order valence-corrected chi connectivity index (χ0v) is 18.8. The van der Waals surface area contributed by atoms with Crippen molar-refractivity contribution in [2.24, 2.45) is 4.99 Å². The van der Waals surface area contributed by atoms with Crippen LogP contribution in [0.1, 0.15) is 31.4 Å². The molecule has 1 atom stereocenters. The molecule has 0 radical (unpaired) electrons. The molecule has 1 aliphatic rings. The molecular weight excluding hydrogens is 436 g/mol. The van der Waals surface area contributed by atoms with Crippen molar-refractivity contribution in [3.05, 3.63) is 63.0 Å². The van der Waals surface area contributed by atoms with Gasteiger partial charge in [0.1, 0.15) is 5.75 Å². The van der Waals surface area contributed by atoms with Crippen molar-refractivity contribution in [2.75, 3.05) is 7.11 Å². The fraction of sp³-hybridized carbons (Fsp3) is 0.273. The molecule has 0 aliphatic carbocycles. The molecule has 0 aromatic heterocycles. The van der Waals surface area contributed by atoms with E-state index in [-0.39, 0.29) is 11.9 Å². The molecule has 146 valence electrons. The summed E-state index contributed by atoms with van der Waals surface area (Å²) in [5, 5.41) is 0.724. The number of thioether (sulfide) groups is 1. The van der Waals surface area contributed by atoms with Crippen LogP contribution in [0.25, 0.3) is 6.08 Å². The largest absolute Gasteiger partial charge is 0.496 e. The third-order valence-corrected chi connectivity index (χ3v) is 6.20. The molecule has 1 fully saturated rings. The van der Waals surface area contributed by atoms with Crippen molar-refractivity contribution >= 4 is 50.5 Å². The number of aryl methyl sites for hydroxylation is 1. The Labute approximate surface area is 178 Å². The molecule has 2 aromatic rings. The van der Waals surface area contributed by atoms with Crippen molar-refractivity contribution in [3.63, 3.8) is 0 Å². The number of nitrogens with zero attached hydrogens (tertiary/aromatic N) is 2. The Morgan fingerprint density at radius 1 is 1.25 bits per heavy atom. The summed E-state index contributed by atoms with van der Waals surface area (Å²) < 4.78 is 6.13. The minimum absolute atomic E-state index is 0.00264. The van der Waals surface area contributed by atoms with Crippen molar-refractivity contribution in [1.82, 2.24) is 4.90 Å². The second-order valence-corrected chi connectivity index (χ2v) is 8.53. The molecule has 1 amide bonds. The first kappa shape index (κ1) is 20.7. The van der Waals surface area contributed by atoms with E-state index in [0.29, 0.717) is 4.91 Å². The molecule has 2 aromatic carbocycles. The molecule has 0 unspecified atom stereocenters. The Bertz CT molecular complexity index is 938. The van der Waals surface area contributed by atoms with Crippen LogP contribution in [-0.4, -0.2) is 29.1 Å². The molecule has 28 heavy (non-hydrogen) atoms. The number of carbonyl (C=O) groups is 1. The van der Waals surface area contributed by atoms with Gasteiger partial charge in [-0.1, -0.05) is 30.7 Å². The van der Waals surface area contributed by atoms with Gasteiger partial charge in [0.05, 0.1) is 22.2 Å². The zero-order chi connectivity index (χ0) is 20.3. The van der Waals surface area contributed by atoms with Crippen LogP contribution in [0.5, 0.6) is 5.75 Å². The lowest BCUT2D eigenvalue weighted by molar-refractivity contribution is -0.123. The number of amidine groups is 1. The quantitative estimate of drug-likeness (QED) is 0.503.